The molecule has 0 saturated carbocycles. The van der Waals surface area contributed by atoms with Gasteiger partial charge in [0.05, 0.1) is 19.5 Å². The molecule has 21 nitrogen and oxygen atoms in total. The Morgan fingerprint density at radius 3 is 2.33 bits per heavy atom. The average molecular weight is 605 g/mol. The number of aliphatic hydroxyl groups excluding tert-OH is 6. The molecule has 0 aliphatic carbocycles. The molecule has 4 heterocycles. The van der Waals surface area contributed by atoms with Gasteiger partial charge in [-0.1, -0.05) is 0 Å². The van der Waals surface area contributed by atoms with E-state index in [-0.39, 0.29) is 17.1 Å². The number of fused-ring (bicyclic) bond motifs is 1. The third-order valence-corrected chi connectivity index (χ3v) is 8.36. The molecule has 2 aromatic rings. The maximum Gasteiger partial charge on any atom is 0.483 e. The largest absolute Gasteiger partial charge is 0.483 e. The van der Waals surface area contributed by atoms with Gasteiger partial charge in [0.1, 0.15) is 42.7 Å². The van der Waals surface area contributed by atoms with Crippen molar-refractivity contribution in [3.63, 3.8) is 0 Å². The van der Waals surface area contributed by atoms with Gasteiger partial charge in [-0.3, -0.25) is 23.4 Å². The molecule has 2 saturated heterocycles. The highest BCUT2D eigenvalue weighted by Gasteiger charge is 2.49. The lowest BCUT2D eigenvalue weighted by Crippen LogP contribution is -2.58. The van der Waals surface area contributed by atoms with Crippen LogP contribution in [0.4, 0.5) is 5.95 Å². The summed E-state index contributed by atoms with van der Waals surface area (Å²) in [7, 11) is -11.1. The number of aliphatic hydroxyl groups is 6. The molecule has 2 aliphatic rings. The number of nitrogens with two attached hydrogens (primary N) is 1. The van der Waals surface area contributed by atoms with Crippen molar-refractivity contribution in [2.24, 2.45) is 0 Å². The van der Waals surface area contributed by atoms with Crippen LogP contribution in [0.15, 0.2) is 11.1 Å². The van der Waals surface area contributed by atoms with E-state index < -0.39 is 89.7 Å². The van der Waals surface area contributed by atoms with Crippen LogP contribution in [-0.2, 0) is 32.0 Å². The summed E-state index contributed by atoms with van der Waals surface area (Å²) >= 11 is 0. The summed E-state index contributed by atoms with van der Waals surface area (Å²) < 4.78 is 49.1. The van der Waals surface area contributed by atoms with Gasteiger partial charge in [-0.2, -0.15) is 9.29 Å². The predicted molar refractivity (Wildman–Crippen MR) is 120 cm³/mol. The van der Waals surface area contributed by atoms with Crippen molar-refractivity contribution in [1.82, 2.24) is 19.5 Å². The summed E-state index contributed by atoms with van der Waals surface area (Å²) in [5.74, 6) is -0.278. The Kier molecular flexibility index (Phi) is 8.60. The molecule has 0 bridgehead atoms. The topological polar surface area (TPSA) is 332 Å². The number of anilines is 1. The van der Waals surface area contributed by atoms with Gasteiger partial charge < -0.3 is 55.6 Å². The van der Waals surface area contributed by atoms with Gasteiger partial charge in [0.2, 0.25) is 5.95 Å². The Labute approximate surface area is 216 Å². The minimum Gasteiger partial charge on any atom is -0.394 e. The van der Waals surface area contributed by atoms with Crippen LogP contribution in [0.3, 0.4) is 0 Å². The summed E-state index contributed by atoms with van der Waals surface area (Å²) in [5.41, 5.74) is 4.54. The molecule has 4 rings (SSSR count). The molecule has 39 heavy (non-hydrogen) atoms. The summed E-state index contributed by atoms with van der Waals surface area (Å²) in [6.45, 7) is -1.89. The lowest BCUT2D eigenvalue weighted by molar-refractivity contribution is -0.280. The first-order valence-electron chi connectivity index (χ1n) is 10.9. The van der Waals surface area contributed by atoms with Crippen LogP contribution < -0.4 is 11.3 Å². The van der Waals surface area contributed by atoms with E-state index >= 15 is 0 Å². The monoisotopic (exact) mass is 605 g/mol. The maximum atomic E-state index is 12.3. The van der Waals surface area contributed by atoms with Crippen LogP contribution in [0.1, 0.15) is 6.23 Å². The number of hydrogen-bond acceptors (Lipinski definition) is 17. The molecule has 2 aromatic heterocycles. The number of aromatic amines is 1. The Bertz CT molecular complexity index is 1340. The zero-order valence-electron chi connectivity index (χ0n) is 19.3. The minimum absolute atomic E-state index is 0.114. The summed E-state index contributed by atoms with van der Waals surface area (Å²) in [6.07, 6.45) is -15.0. The molecule has 2 aliphatic heterocycles. The number of phosphoric acid groups is 2. The molecule has 0 aromatic carbocycles. The first-order valence-corrected chi connectivity index (χ1v) is 13.9. The summed E-state index contributed by atoms with van der Waals surface area (Å²) in [6, 6.07) is 0. The zero-order chi connectivity index (χ0) is 28.9. The van der Waals surface area contributed by atoms with Crippen molar-refractivity contribution < 1.29 is 72.4 Å². The first kappa shape index (κ1) is 30.1. The molecule has 220 valence electrons. The number of ether oxygens (including phenoxy) is 2. The predicted octanol–water partition coefficient (Wildman–Crippen LogP) is -4.63. The number of rotatable bonds is 9. The number of imidazole rings is 1. The number of nitrogens with one attached hydrogen (secondary N) is 1. The van der Waals surface area contributed by atoms with Gasteiger partial charge in [0, 0.05) is 0 Å². The standard InChI is InChI=1S/C16H25N5O16P2/c17-16-19-12-6(13(28)20-16)18-3-21(12)14-10(26)8(24)5(34-14)2-33-38(29,30)37-39(31,32)36-15-11(27)9(25)7(23)4(1-22)35-15/h3-5,7-11,14-15,22-27H,1-2H2,(H,29,30)(H,31,32)(H3,17,19,20,28)/t4?,5-,7?,8-,9?,10-,11?,14-,15-/m1/s1. The second-order valence-corrected chi connectivity index (χ2v) is 11.4. The molecule has 2 fully saturated rings. The lowest BCUT2D eigenvalue weighted by Gasteiger charge is -2.39. The van der Waals surface area contributed by atoms with Gasteiger partial charge in [-0.25, -0.2) is 14.1 Å². The van der Waals surface area contributed by atoms with E-state index in [1.807, 2.05) is 0 Å². The van der Waals surface area contributed by atoms with Crippen molar-refractivity contribution >= 4 is 32.8 Å². The molecule has 11 atom stereocenters. The number of aromatic nitrogens is 4. The fourth-order valence-electron chi connectivity index (χ4n) is 3.85. The molecule has 0 radical (unpaired) electrons. The molecular formula is C16H25N5O16P2. The zero-order valence-corrected chi connectivity index (χ0v) is 21.1. The van der Waals surface area contributed by atoms with E-state index in [9.17, 15) is 49.2 Å². The first-order chi connectivity index (χ1) is 18.1. The van der Waals surface area contributed by atoms with Gasteiger partial charge in [0.15, 0.2) is 23.7 Å². The second kappa shape index (κ2) is 11.2. The van der Waals surface area contributed by atoms with Crippen LogP contribution in [-0.4, -0.2) is 122 Å². The number of H-pyrrole nitrogens is 1. The Hall–Kier alpha value is -1.91. The summed E-state index contributed by atoms with van der Waals surface area (Å²) in [5, 5.41) is 59.2. The van der Waals surface area contributed by atoms with Gasteiger partial charge in [0.25, 0.3) is 5.56 Å². The van der Waals surface area contributed by atoms with E-state index in [1.54, 1.807) is 0 Å². The third-order valence-electron chi connectivity index (χ3n) is 5.76. The Morgan fingerprint density at radius 2 is 1.67 bits per heavy atom. The highest BCUT2D eigenvalue weighted by Crippen LogP contribution is 2.61. The molecular weight excluding hydrogens is 580 g/mol. The van der Waals surface area contributed by atoms with Crippen molar-refractivity contribution in [1.29, 1.82) is 0 Å². The molecule has 0 amide bonds. The van der Waals surface area contributed by atoms with E-state index in [0.717, 1.165) is 10.9 Å². The molecule has 0 spiro atoms. The number of nitrogens with zero attached hydrogens (tertiary/aromatic N) is 3. The van der Waals surface area contributed by atoms with E-state index in [0.29, 0.717) is 0 Å². The van der Waals surface area contributed by atoms with Gasteiger partial charge in [-0.05, 0) is 0 Å². The second-order valence-electron chi connectivity index (χ2n) is 8.44. The van der Waals surface area contributed by atoms with Crippen LogP contribution in [0.5, 0.6) is 0 Å². The van der Waals surface area contributed by atoms with Crippen molar-refractivity contribution in [2.45, 2.75) is 55.2 Å². The highest BCUT2D eigenvalue weighted by atomic mass is 31.3. The van der Waals surface area contributed by atoms with Crippen molar-refractivity contribution in [2.75, 3.05) is 18.9 Å². The third kappa shape index (κ3) is 6.22. The number of nitrogen functional groups attached to an aromatic ring is 1. The normalized spacial score (nSPS) is 36.6. The maximum absolute atomic E-state index is 12.3. The van der Waals surface area contributed by atoms with Gasteiger partial charge in [-0.15, -0.1) is 0 Å². The molecule has 6 unspecified atom stereocenters. The minimum atomic E-state index is -5.60. The van der Waals surface area contributed by atoms with Gasteiger partial charge >= 0.3 is 15.6 Å². The fraction of sp³-hybridized carbons (Fsp3) is 0.688. The number of phosphoric ester groups is 2. The van der Waals surface area contributed by atoms with Crippen molar-refractivity contribution in [3.8, 4) is 0 Å². The SMILES string of the molecule is Nc1nc2c(ncn2[C@@H]2O[C@H](COP(=O)(O)OP(=O)(O)O[C@H]3OC(CO)C(O)C(O)C3O)[C@@H](O)[C@H]2O)c(=O)[nH]1. The lowest BCUT2D eigenvalue weighted by atomic mass is 10.00. The fourth-order valence-corrected chi connectivity index (χ4v) is 6.01. The van der Waals surface area contributed by atoms with E-state index in [2.05, 4.69) is 28.3 Å². The van der Waals surface area contributed by atoms with Crippen molar-refractivity contribution in [3.05, 3.63) is 16.7 Å². The Balaban J connectivity index is 1.39. The van der Waals surface area contributed by atoms with E-state index in [4.69, 9.17) is 20.3 Å². The van der Waals surface area contributed by atoms with Crippen LogP contribution in [0, 0.1) is 0 Å². The smallest absolute Gasteiger partial charge is 0.394 e. The molecule has 23 heteroatoms. The Morgan fingerprint density at radius 1 is 1.00 bits per heavy atom. The molecule has 11 N–H and O–H groups in total. The quantitative estimate of drug-likeness (QED) is 0.120. The number of hydrogen-bond donors (Lipinski definition) is 10. The average Bonchev–Trinajstić information content (AvgIpc) is 3.38. The highest BCUT2D eigenvalue weighted by molar-refractivity contribution is 7.61. The van der Waals surface area contributed by atoms with Crippen LogP contribution in [0.2, 0.25) is 0 Å². The van der Waals surface area contributed by atoms with Crippen LogP contribution >= 0.6 is 15.6 Å². The van der Waals surface area contributed by atoms with E-state index in [1.165, 1.54) is 0 Å². The van der Waals surface area contributed by atoms with Crippen LogP contribution in [0.25, 0.3) is 11.2 Å². The summed E-state index contributed by atoms with van der Waals surface area (Å²) in [4.78, 5) is 41.7.